The topological polar surface area (TPSA) is 102 Å². The SMILES string of the molecule is CCCc1nn(-c2ccccc2)c2c1C(c1cc(OC)c(OC)c(OC)c1)C(C#N)C(=N)O2. The molecule has 1 aromatic heterocycles. The first-order valence-electron chi connectivity index (χ1n) is 10.7. The van der Waals surface area contributed by atoms with Crippen molar-refractivity contribution in [1.29, 1.82) is 10.7 Å². The Hall–Kier alpha value is -3.99. The fourth-order valence-electron chi connectivity index (χ4n) is 4.29. The maximum atomic E-state index is 10.0. The van der Waals surface area contributed by atoms with Crippen LogP contribution < -0.4 is 18.9 Å². The molecular weight excluding hydrogens is 420 g/mol. The van der Waals surface area contributed by atoms with Crippen LogP contribution in [0.5, 0.6) is 23.1 Å². The maximum Gasteiger partial charge on any atom is 0.228 e. The number of ether oxygens (including phenoxy) is 4. The molecular formula is C25H26N4O4. The van der Waals surface area contributed by atoms with Crippen LogP contribution in [0.15, 0.2) is 42.5 Å². The zero-order chi connectivity index (χ0) is 23.5. The van der Waals surface area contributed by atoms with E-state index in [0.717, 1.165) is 28.9 Å². The number of hydrogen-bond donors (Lipinski definition) is 1. The Morgan fingerprint density at radius 1 is 1.09 bits per heavy atom. The first kappa shape index (κ1) is 22.2. The van der Waals surface area contributed by atoms with Crippen molar-refractivity contribution in [3.8, 4) is 34.9 Å². The minimum atomic E-state index is -0.829. The summed E-state index contributed by atoms with van der Waals surface area (Å²) in [6.45, 7) is 2.08. The van der Waals surface area contributed by atoms with Crippen LogP contribution in [0.4, 0.5) is 0 Å². The number of aromatic nitrogens is 2. The molecule has 0 aliphatic carbocycles. The van der Waals surface area contributed by atoms with Crippen molar-refractivity contribution >= 4 is 5.90 Å². The lowest BCUT2D eigenvalue weighted by Gasteiger charge is -2.29. The molecule has 1 aliphatic heterocycles. The molecule has 0 fully saturated rings. The second-order valence-electron chi connectivity index (χ2n) is 7.67. The Morgan fingerprint density at radius 3 is 2.30 bits per heavy atom. The van der Waals surface area contributed by atoms with Crippen molar-refractivity contribution in [2.75, 3.05) is 21.3 Å². The summed E-state index contributed by atoms with van der Waals surface area (Å²) in [6, 6.07) is 15.6. The number of para-hydroxylation sites is 1. The summed E-state index contributed by atoms with van der Waals surface area (Å²) < 4.78 is 24.2. The lowest BCUT2D eigenvalue weighted by atomic mass is 9.79. The van der Waals surface area contributed by atoms with Gasteiger partial charge in [0.05, 0.1) is 38.8 Å². The van der Waals surface area contributed by atoms with E-state index in [9.17, 15) is 5.26 Å². The van der Waals surface area contributed by atoms with Crippen molar-refractivity contribution in [3.05, 3.63) is 59.3 Å². The lowest BCUT2D eigenvalue weighted by molar-refractivity contribution is 0.323. The smallest absolute Gasteiger partial charge is 0.228 e. The molecule has 0 bridgehead atoms. The number of fused-ring (bicyclic) bond motifs is 1. The van der Waals surface area contributed by atoms with E-state index in [0.29, 0.717) is 29.5 Å². The molecule has 0 radical (unpaired) electrons. The zero-order valence-electron chi connectivity index (χ0n) is 19.1. The average Bonchev–Trinajstić information content (AvgIpc) is 3.20. The van der Waals surface area contributed by atoms with Crippen molar-refractivity contribution < 1.29 is 18.9 Å². The molecule has 3 aromatic rings. The number of nitriles is 1. The monoisotopic (exact) mass is 446 g/mol. The normalized spacial score (nSPS) is 17.0. The largest absolute Gasteiger partial charge is 0.493 e. The van der Waals surface area contributed by atoms with Gasteiger partial charge in [-0.1, -0.05) is 31.5 Å². The third kappa shape index (κ3) is 3.76. The number of methoxy groups -OCH3 is 3. The molecule has 0 spiro atoms. The van der Waals surface area contributed by atoms with Gasteiger partial charge < -0.3 is 18.9 Å². The van der Waals surface area contributed by atoms with Gasteiger partial charge in [0.25, 0.3) is 0 Å². The number of rotatable bonds is 7. The van der Waals surface area contributed by atoms with Crippen molar-refractivity contribution in [2.24, 2.45) is 5.92 Å². The molecule has 0 saturated carbocycles. The highest BCUT2D eigenvalue weighted by molar-refractivity contribution is 5.85. The summed E-state index contributed by atoms with van der Waals surface area (Å²) in [5, 5.41) is 23.4. The molecule has 2 aromatic carbocycles. The van der Waals surface area contributed by atoms with Gasteiger partial charge in [-0.15, -0.1) is 0 Å². The van der Waals surface area contributed by atoms with Crippen LogP contribution in [0.3, 0.4) is 0 Å². The first-order chi connectivity index (χ1) is 16.1. The molecule has 0 amide bonds. The Kier molecular flexibility index (Phi) is 6.22. The van der Waals surface area contributed by atoms with Gasteiger partial charge >= 0.3 is 0 Å². The maximum absolute atomic E-state index is 10.0. The molecule has 2 heterocycles. The second kappa shape index (κ2) is 9.25. The summed E-state index contributed by atoms with van der Waals surface area (Å²) in [5.74, 6) is 0.451. The molecule has 4 rings (SSSR count). The molecule has 170 valence electrons. The number of nitrogens with zero attached hydrogens (tertiary/aromatic N) is 3. The van der Waals surface area contributed by atoms with Crippen LogP contribution in [-0.4, -0.2) is 37.0 Å². The second-order valence-corrected chi connectivity index (χ2v) is 7.67. The Labute approximate surface area is 192 Å². The Morgan fingerprint density at radius 2 is 1.76 bits per heavy atom. The van der Waals surface area contributed by atoms with Gasteiger partial charge in [0.2, 0.25) is 17.5 Å². The van der Waals surface area contributed by atoms with Crippen molar-refractivity contribution in [1.82, 2.24) is 9.78 Å². The highest BCUT2D eigenvalue weighted by atomic mass is 16.5. The van der Waals surface area contributed by atoms with E-state index in [1.54, 1.807) is 26.0 Å². The number of nitrogens with one attached hydrogen (secondary N) is 1. The third-order valence-electron chi connectivity index (χ3n) is 5.76. The molecule has 8 nitrogen and oxygen atoms in total. The Bertz CT molecular complexity index is 1190. The van der Waals surface area contributed by atoms with E-state index in [1.165, 1.54) is 0 Å². The van der Waals surface area contributed by atoms with Gasteiger partial charge in [-0.3, -0.25) is 5.41 Å². The highest BCUT2D eigenvalue weighted by Gasteiger charge is 2.42. The van der Waals surface area contributed by atoms with Crippen LogP contribution in [0, 0.1) is 22.7 Å². The predicted octanol–water partition coefficient (Wildman–Crippen LogP) is 4.49. The molecule has 1 N–H and O–H groups in total. The van der Waals surface area contributed by atoms with Gasteiger partial charge in [-0.05, 0) is 36.2 Å². The standard InChI is InChI=1S/C25H26N4O4/c1-5-9-18-22-21(15-12-19(30-2)23(32-4)20(13-15)31-3)17(14-26)24(27)33-25(22)29(28-18)16-10-7-6-8-11-16/h6-8,10-13,17,21,27H,5,9H2,1-4H3. The van der Waals surface area contributed by atoms with Gasteiger partial charge in [-0.25, -0.2) is 4.68 Å². The molecule has 2 unspecified atom stereocenters. The lowest BCUT2D eigenvalue weighted by Crippen LogP contribution is -2.31. The highest BCUT2D eigenvalue weighted by Crippen LogP contribution is 2.48. The first-order valence-corrected chi connectivity index (χ1v) is 10.7. The average molecular weight is 447 g/mol. The van der Waals surface area contributed by atoms with Gasteiger partial charge in [0, 0.05) is 11.5 Å². The van der Waals surface area contributed by atoms with E-state index in [4.69, 9.17) is 29.5 Å². The van der Waals surface area contributed by atoms with Crippen LogP contribution in [0.1, 0.15) is 36.1 Å². The van der Waals surface area contributed by atoms with Crippen LogP contribution in [0.25, 0.3) is 5.69 Å². The number of aryl methyl sites for hydroxylation is 1. The quantitative estimate of drug-likeness (QED) is 0.574. The Balaban J connectivity index is 2.00. The van der Waals surface area contributed by atoms with E-state index in [2.05, 4.69) is 13.0 Å². The summed E-state index contributed by atoms with van der Waals surface area (Å²) in [5.41, 5.74) is 3.22. The van der Waals surface area contributed by atoms with Crippen LogP contribution in [-0.2, 0) is 6.42 Å². The van der Waals surface area contributed by atoms with Crippen LogP contribution in [0.2, 0.25) is 0 Å². The summed E-state index contributed by atoms with van der Waals surface area (Å²) in [4.78, 5) is 0. The number of hydrogen-bond acceptors (Lipinski definition) is 7. The molecule has 2 atom stereocenters. The van der Waals surface area contributed by atoms with Gasteiger partial charge in [-0.2, -0.15) is 10.4 Å². The van der Waals surface area contributed by atoms with E-state index in [1.807, 2.05) is 42.5 Å². The summed E-state index contributed by atoms with van der Waals surface area (Å²) in [6.07, 6.45) is 1.58. The summed E-state index contributed by atoms with van der Waals surface area (Å²) >= 11 is 0. The predicted molar refractivity (Wildman–Crippen MR) is 123 cm³/mol. The van der Waals surface area contributed by atoms with E-state index >= 15 is 0 Å². The summed E-state index contributed by atoms with van der Waals surface area (Å²) in [7, 11) is 4.65. The fraction of sp³-hybridized carbons (Fsp3) is 0.320. The van der Waals surface area contributed by atoms with Crippen molar-refractivity contribution in [3.63, 3.8) is 0 Å². The van der Waals surface area contributed by atoms with Gasteiger partial charge in [0.15, 0.2) is 11.5 Å². The molecule has 33 heavy (non-hydrogen) atoms. The third-order valence-corrected chi connectivity index (χ3v) is 5.76. The van der Waals surface area contributed by atoms with E-state index in [-0.39, 0.29) is 5.90 Å². The molecule has 1 aliphatic rings. The van der Waals surface area contributed by atoms with Gasteiger partial charge in [0.1, 0.15) is 5.92 Å². The van der Waals surface area contributed by atoms with Crippen LogP contribution >= 0.6 is 0 Å². The van der Waals surface area contributed by atoms with E-state index < -0.39 is 11.8 Å². The minimum absolute atomic E-state index is 0.121. The molecule has 8 heteroatoms. The molecule has 0 saturated heterocycles. The minimum Gasteiger partial charge on any atom is -0.493 e. The zero-order valence-corrected chi connectivity index (χ0v) is 19.1. The fourth-order valence-corrected chi connectivity index (χ4v) is 4.29. The number of benzene rings is 2. The van der Waals surface area contributed by atoms with Crippen molar-refractivity contribution in [2.45, 2.75) is 25.7 Å².